The van der Waals surface area contributed by atoms with E-state index in [0.717, 1.165) is 24.2 Å². The average Bonchev–Trinajstić information content (AvgIpc) is 2.65. The zero-order valence-corrected chi connectivity index (χ0v) is 7.58. The smallest absolute Gasteiger partial charge is 0.0240 e. The van der Waals surface area contributed by atoms with E-state index in [0.29, 0.717) is 0 Å². The Morgan fingerprint density at radius 2 is 2.25 bits per heavy atom. The van der Waals surface area contributed by atoms with Crippen LogP contribution in [0.25, 0.3) is 0 Å². The molecule has 12 heavy (non-hydrogen) atoms. The summed E-state index contributed by atoms with van der Waals surface area (Å²) < 4.78 is 0. The molecule has 0 aromatic heterocycles. The number of fused-ring (bicyclic) bond motifs is 2. The fraction of sp³-hybridized carbons (Fsp3) is 0.900. The molecule has 2 rings (SSSR count). The van der Waals surface area contributed by atoms with Gasteiger partial charge in [0, 0.05) is 6.21 Å². The quantitative estimate of drug-likeness (QED) is 0.389. The van der Waals surface area contributed by atoms with E-state index >= 15 is 0 Å². The van der Waals surface area contributed by atoms with Crippen molar-refractivity contribution < 1.29 is 0 Å². The molecule has 2 nitrogen and oxygen atoms in total. The lowest BCUT2D eigenvalue weighted by Gasteiger charge is -2.20. The molecule has 2 aliphatic carbocycles. The number of hydrogen-bond donors (Lipinski definition) is 1. The summed E-state index contributed by atoms with van der Waals surface area (Å²) >= 11 is 0. The van der Waals surface area contributed by atoms with Gasteiger partial charge in [-0.05, 0) is 49.9 Å². The maximum atomic E-state index is 5.06. The number of rotatable bonds is 3. The molecule has 3 atom stereocenters. The lowest BCUT2D eigenvalue weighted by molar-refractivity contribution is 0.319. The molecule has 2 heteroatoms. The first-order valence-corrected chi connectivity index (χ1v) is 5.12. The van der Waals surface area contributed by atoms with Gasteiger partial charge in [-0.1, -0.05) is 6.42 Å². The van der Waals surface area contributed by atoms with Crippen molar-refractivity contribution in [3.8, 4) is 0 Å². The summed E-state index contributed by atoms with van der Waals surface area (Å²) in [7, 11) is 0. The normalized spacial score (nSPS) is 39.8. The number of nitrogens with two attached hydrogens (primary N) is 1. The fourth-order valence-corrected chi connectivity index (χ4v) is 3.09. The summed E-state index contributed by atoms with van der Waals surface area (Å²) in [4.78, 5) is 0. The lowest BCUT2D eigenvalue weighted by Crippen LogP contribution is -2.10. The molecule has 0 aromatic rings. The van der Waals surface area contributed by atoms with Crippen LogP contribution in [-0.4, -0.2) is 6.21 Å². The molecular weight excluding hydrogens is 148 g/mol. The molecule has 0 saturated heterocycles. The van der Waals surface area contributed by atoms with Crippen molar-refractivity contribution in [3.05, 3.63) is 0 Å². The number of nitrogens with zero attached hydrogens (tertiary/aromatic N) is 1. The highest BCUT2D eigenvalue weighted by Crippen LogP contribution is 2.49. The Morgan fingerprint density at radius 3 is 2.83 bits per heavy atom. The Labute approximate surface area is 74.2 Å². The van der Waals surface area contributed by atoms with Crippen molar-refractivity contribution in [2.24, 2.45) is 28.7 Å². The van der Waals surface area contributed by atoms with Gasteiger partial charge in [-0.15, -0.1) is 0 Å². The van der Waals surface area contributed by atoms with Crippen LogP contribution >= 0.6 is 0 Å². The lowest BCUT2D eigenvalue weighted by atomic mass is 9.86. The van der Waals surface area contributed by atoms with Gasteiger partial charge >= 0.3 is 0 Å². The zero-order valence-electron chi connectivity index (χ0n) is 7.58. The molecule has 2 saturated carbocycles. The topological polar surface area (TPSA) is 38.4 Å². The third kappa shape index (κ3) is 1.47. The first kappa shape index (κ1) is 8.09. The van der Waals surface area contributed by atoms with Crippen LogP contribution in [0.1, 0.15) is 38.5 Å². The van der Waals surface area contributed by atoms with E-state index in [-0.39, 0.29) is 0 Å². The predicted molar refractivity (Wildman–Crippen MR) is 50.9 cm³/mol. The van der Waals surface area contributed by atoms with E-state index in [1.807, 2.05) is 6.21 Å². The van der Waals surface area contributed by atoms with Crippen molar-refractivity contribution >= 4 is 6.21 Å². The second-order valence-corrected chi connectivity index (χ2v) is 4.34. The van der Waals surface area contributed by atoms with Gasteiger partial charge in [-0.3, -0.25) is 0 Å². The van der Waals surface area contributed by atoms with Gasteiger partial charge in [0.25, 0.3) is 0 Å². The van der Waals surface area contributed by atoms with Crippen molar-refractivity contribution in [1.82, 2.24) is 0 Å². The summed E-state index contributed by atoms with van der Waals surface area (Å²) in [6, 6.07) is 0. The Morgan fingerprint density at radius 1 is 1.33 bits per heavy atom. The summed E-state index contributed by atoms with van der Waals surface area (Å²) in [5.41, 5.74) is 0. The Kier molecular flexibility index (Phi) is 2.33. The van der Waals surface area contributed by atoms with Gasteiger partial charge in [0.05, 0.1) is 0 Å². The van der Waals surface area contributed by atoms with Crippen molar-refractivity contribution in [2.45, 2.75) is 38.5 Å². The minimum absolute atomic E-state index is 1.00. The van der Waals surface area contributed by atoms with E-state index in [1.54, 1.807) is 0 Å². The summed E-state index contributed by atoms with van der Waals surface area (Å²) in [6.45, 7) is 0. The largest absolute Gasteiger partial charge is 0.324 e. The first-order valence-electron chi connectivity index (χ1n) is 5.12. The second-order valence-electron chi connectivity index (χ2n) is 4.34. The summed E-state index contributed by atoms with van der Waals surface area (Å²) in [5, 5.41) is 3.53. The minimum Gasteiger partial charge on any atom is -0.324 e. The molecule has 3 unspecified atom stereocenters. The summed E-state index contributed by atoms with van der Waals surface area (Å²) in [6.07, 6.45) is 10.3. The maximum absolute atomic E-state index is 5.06. The molecule has 0 heterocycles. The van der Waals surface area contributed by atoms with Gasteiger partial charge in [0.1, 0.15) is 0 Å². The number of hydrogen-bond acceptors (Lipinski definition) is 2. The Bertz CT molecular complexity index is 177. The highest BCUT2D eigenvalue weighted by molar-refractivity contribution is 5.56. The molecule has 2 fully saturated rings. The van der Waals surface area contributed by atoms with Crippen LogP contribution in [0.15, 0.2) is 5.10 Å². The van der Waals surface area contributed by atoms with Crippen LogP contribution in [0.3, 0.4) is 0 Å². The minimum atomic E-state index is 1.00. The van der Waals surface area contributed by atoms with Crippen molar-refractivity contribution in [1.29, 1.82) is 0 Å². The van der Waals surface area contributed by atoms with Crippen molar-refractivity contribution in [2.75, 3.05) is 0 Å². The van der Waals surface area contributed by atoms with Gasteiger partial charge in [-0.25, -0.2) is 0 Å². The highest BCUT2D eigenvalue weighted by Gasteiger charge is 2.38. The summed E-state index contributed by atoms with van der Waals surface area (Å²) in [5.74, 6) is 8.20. The van der Waals surface area contributed by atoms with Crippen LogP contribution in [0.4, 0.5) is 0 Å². The molecule has 68 valence electrons. The molecular formula is C10H18N2. The number of hydrazone groups is 1. The molecule has 0 amide bonds. The van der Waals surface area contributed by atoms with Crippen LogP contribution in [0, 0.1) is 17.8 Å². The average molecular weight is 166 g/mol. The molecule has 2 bridgehead atoms. The van der Waals surface area contributed by atoms with Gasteiger partial charge < -0.3 is 5.84 Å². The Balaban J connectivity index is 1.75. The predicted octanol–water partition coefficient (Wildman–Crippen LogP) is 2.15. The van der Waals surface area contributed by atoms with Crippen molar-refractivity contribution in [3.63, 3.8) is 0 Å². The Hall–Kier alpha value is -0.530. The third-order valence-corrected chi connectivity index (χ3v) is 3.66. The molecule has 2 N–H and O–H groups in total. The van der Waals surface area contributed by atoms with Gasteiger partial charge in [0.2, 0.25) is 0 Å². The van der Waals surface area contributed by atoms with E-state index in [1.165, 1.54) is 32.1 Å². The van der Waals surface area contributed by atoms with Crippen LogP contribution < -0.4 is 5.84 Å². The standard InChI is InChI=1S/C10H18N2/c11-12-5-1-2-9-6-8-3-4-10(9)7-8/h5,8-10H,1-4,6-7,11H2/b12-5+. The zero-order chi connectivity index (χ0) is 8.39. The van der Waals surface area contributed by atoms with Crippen LogP contribution in [0.2, 0.25) is 0 Å². The van der Waals surface area contributed by atoms with Gasteiger partial charge in [0.15, 0.2) is 0 Å². The van der Waals surface area contributed by atoms with E-state index in [9.17, 15) is 0 Å². The SMILES string of the molecule is N/N=C/CCC1CC2CCC1C2. The first-order chi connectivity index (χ1) is 5.90. The van der Waals surface area contributed by atoms with E-state index in [4.69, 9.17) is 5.84 Å². The highest BCUT2D eigenvalue weighted by atomic mass is 15.1. The van der Waals surface area contributed by atoms with E-state index in [2.05, 4.69) is 5.10 Å². The molecule has 0 aliphatic heterocycles. The monoisotopic (exact) mass is 166 g/mol. The van der Waals surface area contributed by atoms with Crippen LogP contribution in [-0.2, 0) is 0 Å². The fourth-order valence-electron chi connectivity index (χ4n) is 3.09. The third-order valence-electron chi connectivity index (χ3n) is 3.66. The molecule has 2 aliphatic rings. The molecule has 0 radical (unpaired) electrons. The second kappa shape index (κ2) is 3.46. The van der Waals surface area contributed by atoms with Gasteiger partial charge in [-0.2, -0.15) is 5.10 Å². The van der Waals surface area contributed by atoms with E-state index < -0.39 is 0 Å². The molecule has 0 aromatic carbocycles. The van der Waals surface area contributed by atoms with Crippen LogP contribution in [0.5, 0.6) is 0 Å². The maximum Gasteiger partial charge on any atom is 0.0240 e. The molecule has 0 spiro atoms.